The van der Waals surface area contributed by atoms with Gasteiger partial charge in [0.2, 0.25) is 0 Å². The molecule has 3 nitrogen and oxygen atoms in total. The van der Waals surface area contributed by atoms with E-state index in [-0.39, 0.29) is 18.5 Å². The normalized spacial score (nSPS) is 23.6. The van der Waals surface area contributed by atoms with E-state index in [9.17, 15) is 4.79 Å². The standard InChI is InChI=1S/C14H18O3/c1-14(2)16-10-12(15)13(17-14)9-8-11-6-4-3-5-7-11/h3-7,13H,8-10H2,1-2H3/t13-/m0/s1. The second-order valence-corrected chi connectivity index (χ2v) is 4.79. The minimum atomic E-state index is -0.644. The van der Waals surface area contributed by atoms with Gasteiger partial charge in [0.15, 0.2) is 11.6 Å². The fourth-order valence-electron chi connectivity index (χ4n) is 1.94. The molecule has 0 spiro atoms. The summed E-state index contributed by atoms with van der Waals surface area (Å²) in [6.45, 7) is 3.84. The Morgan fingerprint density at radius 2 is 2.00 bits per heavy atom. The van der Waals surface area contributed by atoms with Crippen LogP contribution in [-0.2, 0) is 20.7 Å². The number of hydrogen-bond donors (Lipinski definition) is 0. The third-order valence-corrected chi connectivity index (χ3v) is 2.89. The Morgan fingerprint density at radius 3 is 2.71 bits per heavy atom. The Kier molecular flexibility index (Phi) is 3.60. The SMILES string of the molecule is CC1(C)OCC(=O)[C@H](CCc2ccccc2)O1. The molecule has 0 N–H and O–H groups in total. The van der Waals surface area contributed by atoms with Crippen molar-refractivity contribution in [1.29, 1.82) is 0 Å². The average Bonchev–Trinajstić information content (AvgIpc) is 2.32. The van der Waals surface area contributed by atoms with Crippen LogP contribution in [0.25, 0.3) is 0 Å². The van der Waals surface area contributed by atoms with Crippen LogP contribution in [0.4, 0.5) is 0 Å². The maximum Gasteiger partial charge on any atom is 0.187 e. The van der Waals surface area contributed by atoms with E-state index < -0.39 is 5.79 Å². The third-order valence-electron chi connectivity index (χ3n) is 2.89. The number of carbonyl (C=O) groups is 1. The lowest BCUT2D eigenvalue weighted by Crippen LogP contribution is -2.46. The molecule has 3 heteroatoms. The highest BCUT2D eigenvalue weighted by molar-refractivity contribution is 5.84. The van der Waals surface area contributed by atoms with Crippen LogP contribution in [0.3, 0.4) is 0 Å². The minimum absolute atomic E-state index is 0.0419. The lowest BCUT2D eigenvalue weighted by Gasteiger charge is -2.35. The Hall–Kier alpha value is -1.19. The average molecular weight is 234 g/mol. The molecule has 17 heavy (non-hydrogen) atoms. The summed E-state index contributed by atoms with van der Waals surface area (Å²) >= 11 is 0. The summed E-state index contributed by atoms with van der Waals surface area (Å²) in [5.41, 5.74) is 1.23. The zero-order valence-corrected chi connectivity index (χ0v) is 10.3. The topological polar surface area (TPSA) is 35.5 Å². The van der Waals surface area contributed by atoms with Crippen molar-refractivity contribution in [3.05, 3.63) is 35.9 Å². The predicted octanol–water partition coefficient (Wildman–Crippen LogP) is 2.34. The number of ether oxygens (including phenoxy) is 2. The van der Waals surface area contributed by atoms with Crippen molar-refractivity contribution in [1.82, 2.24) is 0 Å². The molecule has 0 amide bonds. The molecule has 1 aromatic carbocycles. The highest BCUT2D eigenvalue weighted by Gasteiger charge is 2.34. The van der Waals surface area contributed by atoms with E-state index in [1.54, 1.807) is 0 Å². The van der Waals surface area contributed by atoms with E-state index in [0.29, 0.717) is 0 Å². The molecule has 1 saturated heterocycles. The molecular weight excluding hydrogens is 216 g/mol. The van der Waals surface area contributed by atoms with E-state index in [1.807, 2.05) is 32.0 Å². The van der Waals surface area contributed by atoms with Crippen molar-refractivity contribution in [3.63, 3.8) is 0 Å². The number of hydrogen-bond acceptors (Lipinski definition) is 3. The number of rotatable bonds is 3. The third kappa shape index (κ3) is 3.38. The van der Waals surface area contributed by atoms with E-state index in [0.717, 1.165) is 12.8 Å². The Balaban J connectivity index is 1.92. The fraction of sp³-hybridized carbons (Fsp3) is 0.500. The molecule has 1 aliphatic heterocycles. The number of carbonyl (C=O) groups excluding carboxylic acids is 1. The van der Waals surface area contributed by atoms with Gasteiger partial charge in [0.05, 0.1) is 0 Å². The maximum absolute atomic E-state index is 11.7. The summed E-state index contributed by atoms with van der Waals surface area (Å²) in [6.07, 6.45) is 1.24. The molecule has 1 fully saturated rings. The van der Waals surface area contributed by atoms with Crippen LogP contribution in [0.5, 0.6) is 0 Å². The van der Waals surface area contributed by atoms with Gasteiger partial charge >= 0.3 is 0 Å². The second-order valence-electron chi connectivity index (χ2n) is 4.79. The van der Waals surface area contributed by atoms with Crippen molar-refractivity contribution >= 4 is 5.78 Å². The van der Waals surface area contributed by atoms with Crippen LogP contribution in [0.15, 0.2) is 30.3 Å². The van der Waals surface area contributed by atoms with E-state index >= 15 is 0 Å². The number of Topliss-reactive ketones (excluding diaryl/α,β-unsaturated/α-hetero) is 1. The maximum atomic E-state index is 11.7. The molecule has 1 atom stereocenters. The number of benzene rings is 1. The van der Waals surface area contributed by atoms with Gasteiger partial charge in [-0.1, -0.05) is 30.3 Å². The van der Waals surface area contributed by atoms with Gasteiger partial charge in [-0.25, -0.2) is 0 Å². The Bertz CT molecular complexity index is 384. The highest BCUT2D eigenvalue weighted by atomic mass is 16.7. The van der Waals surface area contributed by atoms with Crippen molar-refractivity contribution in [2.24, 2.45) is 0 Å². The highest BCUT2D eigenvalue weighted by Crippen LogP contribution is 2.22. The van der Waals surface area contributed by atoms with Gasteiger partial charge in [-0.2, -0.15) is 0 Å². The molecule has 0 saturated carbocycles. The molecular formula is C14H18O3. The molecule has 92 valence electrons. The lowest BCUT2D eigenvalue weighted by molar-refractivity contribution is -0.258. The molecule has 0 aromatic heterocycles. The first kappa shape index (κ1) is 12.3. The Morgan fingerprint density at radius 1 is 1.29 bits per heavy atom. The van der Waals surface area contributed by atoms with Gasteiger partial charge in [-0.3, -0.25) is 4.79 Å². The summed E-state index contributed by atoms with van der Waals surface area (Å²) in [5, 5.41) is 0. The first-order chi connectivity index (χ1) is 8.07. The second kappa shape index (κ2) is 4.98. The van der Waals surface area contributed by atoms with Crippen LogP contribution in [-0.4, -0.2) is 24.3 Å². The minimum Gasteiger partial charge on any atom is -0.343 e. The zero-order valence-electron chi connectivity index (χ0n) is 10.3. The molecule has 2 rings (SSSR count). The molecule has 0 radical (unpaired) electrons. The zero-order chi connectivity index (χ0) is 12.3. The van der Waals surface area contributed by atoms with Crippen molar-refractivity contribution in [2.45, 2.75) is 38.6 Å². The molecule has 1 aliphatic rings. The molecule has 1 aromatic rings. The van der Waals surface area contributed by atoms with Gasteiger partial charge in [-0.15, -0.1) is 0 Å². The Labute approximate surface area is 102 Å². The van der Waals surface area contributed by atoms with E-state index in [4.69, 9.17) is 9.47 Å². The molecule has 1 heterocycles. The first-order valence-corrected chi connectivity index (χ1v) is 5.95. The fourth-order valence-corrected chi connectivity index (χ4v) is 1.94. The summed E-state index contributed by atoms with van der Waals surface area (Å²) in [5.74, 6) is -0.602. The van der Waals surface area contributed by atoms with E-state index in [2.05, 4.69) is 12.1 Å². The predicted molar refractivity (Wildman–Crippen MR) is 64.7 cm³/mol. The summed E-state index contributed by atoms with van der Waals surface area (Å²) in [4.78, 5) is 11.7. The first-order valence-electron chi connectivity index (χ1n) is 5.95. The van der Waals surface area contributed by atoms with Crippen LogP contribution in [0.2, 0.25) is 0 Å². The largest absolute Gasteiger partial charge is 0.343 e. The van der Waals surface area contributed by atoms with Crippen LogP contribution < -0.4 is 0 Å². The van der Waals surface area contributed by atoms with Crippen molar-refractivity contribution < 1.29 is 14.3 Å². The van der Waals surface area contributed by atoms with Gasteiger partial charge in [0.25, 0.3) is 0 Å². The van der Waals surface area contributed by atoms with Crippen LogP contribution in [0, 0.1) is 0 Å². The summed E-state index contributed by atoms with van der Waals surface area (Å²) in [6, 6.07) is 10.1. The van der Waals surface area contributed by atoms with E-state index in [1.165, 1.54) is 5.56 Å². The number of ketones is 1. The van der Waals surface area contributed by atoms with Crippen molar-refractivity contribution in [3.8, 4) is 0 Å². The smallest absolute Gasteiger partial charge is 0.187 e. The quantitative estimate of drug-likeness (QED) is 0.805. The van der Waals surface area contributed by atoms with Crippen LogP contribution in [0.1, 0.15) is 25.8 Å². The van der Waals surface area contributed by atoms with Crippen molar-refractivity contribution in [2.75, 3.05) is 6.61 Å². The van der Waals surface area contributed by atoms with Crippen LogP contribution >= 0.6 is 0 Å². The van der Waals surface area contributed by atoms with Gasteiger partial charge in [0.1, 0.15) is 12.7 Å². The molecule has 0 unspecified atom stereocenters. The molecule has 0 aliphatic carbocycles. The van der Waals surface area contributed by atoms with Gasteiger partial charge < -0.3 is 9.47 Å². The number of aryl methyl sites for hydroxylation is 1. The van der Waals surface area contributed by atoms with Gasteiger partial charge in [0, 0.05) is 0 Å². The lowest BCUT2D eigenvalue weighted by atomic mass is 10.0. The van der Waals surface area contributed by atoms with Gasteiger partial charge in [-0.05, 0) is 32.3 Å². The molecule has 0 bridgehead atoms. The monoisotopic (exact) mass is 234 g/mol. The summed E-state index contributed by atoms with van der Waals surface area (Å²) in [7, 11) is 0. The summed E-state index contributed by atoms with van der Waals surface area (Å²) < 4.78 is 10.9.